The predicted molar refractivity (Wildman–Crippen MR) is 107 cm³/mol. The van der Waals surface area contributed by atoms with Gasteiger partial charge in [0.1, 0.15) is 0 Å². The molecule has 2 aromatic rings. The second kappa shape index (κ2) is 8.54. The molecule has 2 atom stereocenters. The fraction of sp³-hybridized carbons (Fsp3) is 0.550. The minimum absolute atomic E-state index is 0.103. The van der Waals surface area contributed by atoms with Gasteiger partial charge in [-0.1, -0.05) is 57.0 Å². The van der Waals surface area contributed by atoms with Crippen molar-refractivity contribution in [1.29, 1.82) is 0 Å². The van der Waals surface area contributed by atoms with Crippen LogP contribution < -0.4 is 5.32 Å². The van der Waals surface area contributed by atoms with Gasteiger partial charge in [-0.05, 0) is 18.0 Å². The van der Waals surface area contributed by atoms with Crippen LogP contribution in [-0.4, -0.2) is 48.0 Å². The molecule has 1 fully saturated rings. The molecular weight excluding hydrogens is 360 g/mol. The van der Waals surface area contributed by atoms with Gasteiger partial charge in [0.15, 0.2) is 5.03 Å². The van der Waals surface area contributed by atoms with E-state index in [1.807, 2.05) is 18.2 Å². The Morgan fingerprint density at radius 3 is 2.48 bits per heavy atom. The van der Waals surface area contributed by atoms with Crippen molar-refractivity contribution in [2.24, 2.45) is 13.0 Å². The van der Waals surface area contributed by atoms with Gasteiger partial charge in [0.2, 0.25) is 0 Å². The van der Waals surface area contributed by atoms with Gasteiger partial charge in [-0.2, -0.15) is 4.31 Å². The van der Waals surface area contributed by atoms with Crippen LogP contribution >= 0.6 is 0 Å². The van der Waals surface area contributed by atoms with Crippen molar-refractivity contribution in [3.63, 3.8) is 0 Å². The summed E-state index contributed by atoms with van der Waals surface area (Å²) in [5.74, 6) is 0.752. The number of sulfonamides is 1. The molecule has 2 unspecified atom stereocenters. The van der Waals surface area contributed by atoms with Gasteiger partial charge in [-0.15, -0.1) is 0 Å². The molecule has 1 aromatic carbocycles. The maximum Gasteiger partial charge on any atom is 0.262 e. The highest BCUT2D eigenvalue weighted by atomic mass is 32.2. The smallest absolute Gasteiger partial charge is 0.262 e. The first-order chi connectivity index (χ1) is 13.0. The van der Waals surface area contributed by atoms with Crippen molar-refractivity contribution in [2.75, 3.05) is 19.6 Å². The molecule has 1 aliphatic heterocycles. The highest BCUT2D eigenvalue weighted by Gasteiger charge is 2.40. The summed E-state index contributed by atoms with van der Waals surface area (Å²) in [4.78, 5) is 4.07. The zero-order valence-corrected chi connectivity index (χ0v) is 17.2. The molecule has 2 heterocycles. The minimum atomic E-state index is -3.58. The van der Waals surface area contributed by atoms with Crippen LogP contribution in [0.25, 0.3) is 0 Å². The highest BCUT2D eigenvalue weighted by Crippen LogP contribution is 2.31. The lowest BCUT2D eigenvalue weighted by Crippen LogP contribution is -2.39. The molecule has 0 aliphatic carbocycles. The van der Waals surface area contributed by atoms with Crippen LogP contribution in [0.15, 0.2) is 47.9 Å². The fourth-order valence-electron chi connectivity index (χ4n) is 3.76. The average Bonchev–Trinajstić information content (AvgIpc) is 3.30. The van der Waals surface area contributed by atoms with Gasteiger partial charge in [-0.25, -0.2) is 13.4 Å². The summed E-state index contributed by atoms with van der Waals surface area (Å²) in [6.45, 7) is 6.27. The fourth-order valence-corrected chi connectivity index (χ4v) is 5.22. The Morgan fingerprint density at radius 1 is 1.19 bits per heavy atom. The Morgan fingerprint density at radius 2 is 1.89 bits per heavy atom. The number of nitrogens with one attached hydrogen (secondary N) is 1. The predicted octanol–water partition coefficient (Wildman–Crippen LogP) is 2.60. The number of hydrogen-bond acceptors (Lipinski definition) is 4. The van der Waals surface area contributed by atoms with E-state index in [1.54, 1.807) is 22.1 Å². The van der Waals surface area contributed by atoms with Crippen molar-refractivity contribution in [3.8, 4) is 0 Å². The third-order valence-electron chi connectivity index (χ3n) is 5.62. The Bertz CT molecular complexity index is 831. The third kappa shape index (κ3) is 4.42. The van der Waals surface area contributed by atoms with Gasteiger partial charge < -0.3 is 9.88 Å². The van der Waals surface area contributed by atoms with Gasteiger partial charge in [0.25, 0.3) is 10.0 Å². The SMILES string of the molecule is CCC(CC)CNC1CN(S(=O)(=O)c2cn(C)cn2)CC1c1ccccc1. The lowest BCUT2D eigenvalue weighted by molar-refractivity contribution is 0.396. The van der Waals surface area contributed by atoms with Crippen LogP contribution in [0.4, 0.5) is 0 Å². The number of imidazole rings is 1. The van der Waals surface area contributed by atoms with Crippen molar-refractivity contribution in [3.05, 3.63) is 48.4 Å². The van der Waals surface area contributed by atoms with Crippen molar-refractivity contribution >= 4 is 10.0 Å². The number of aromatic nitrogens is 2. The summed E-state index contributed by atoms with van der Waals surface area (Å²) in [5, 5.41) is 3.78. The number of aryl methyl sites for hydroxylation is 1. The summed E-state index contributed by atoms with van der Waals surface area (Å²) in [6.07, 6.45) is 5.35. The second-order valence-corrected chi connectivity index (χ2v) is 9.30. The summed E-state index contributed by atoms with van der Waals surface area (Å²) in [7, 11) is -1.80. The Balaban J connectivity index is 1.82. The molecule has 6 nitrogen and oxygen atoms in total. The van der Waals surface area contributed by atoms with Gasteiger partial charge >= 0.3 is 0 Å². The van der Waals surface area contributed by atoms with Gasteiger partial charge in [-0.3, -0.25) is 0 Å². The van der Waals surface area contributed by atoms with Crippen molar-refractivity contribution in [2.45, 2.75) is 43.7 Å². The summed E-state index contributed by atoms with van der Waals surface area (Å²) < 4.78 is 29.3. The number of nitrogens with zero attached hydrogens (tertiary/aromatic N) is 3. The third-order valence-corrected chi connectivity index (χ3v) is 7.34. The van der Waals surface area contributed by atoms with Crippen molar-refractivity contribution < 1.29 is 8.42 Å². The van der Waals surface area contributed by atoms with E-state index in [9.17, 15) is 8.42 Å². The van der Waals surface area contributed by atoms with Crippen LogP contribution in [-0.2, 0) is 17.1 Å². The molecule has 148 valence electrons. The molecule has 1 aliphatic rings. The normalized spacial score (nSPS) is 21.2. The Kier molecular flexibility index (Phi) is 6.34. The van der Waals surface area contributed by atoms with Gasteiger partial charge in [0.05, 0.1) is 6.33 Å². The maximum absolute atomic E-state index is 13.0. The maximum atomic E-state index is 13.0. The van der Waals surface area contributed by atoms with Crippen LogP contribution in [0.5, 0.6) is 0 Å². The average molecular weight is 391 g/mol. The molecule has 1 aromatic heterocycles. The molecule has 3 rings (SSSR count). The quantitative estimate of drug-likeness (QED) is 0.752. The summed E-state index contributed by atoms with van der Waals surface area (Å²) in [5.41, 5.74) is 1.18. The number of rotatable bonds is 8. The van der Waals surface area contributed by atoms with E-state index in [-0.39, 0.29) is 17.0 Å². The Labute approximate surface area is 162 Å². The van der Waals surface area contributed by atoms with E-state index < -0.39 is 10.0 Å². The second-order valence-electron chi connectivity index (χ2n) is 7.41. The topological polar surface area (TPSA) is 67.2 Å². The first kappa shape index (κ1) is 20.0. The van der Waals surface area contributed by atoms with E-state index >= 15 is 0 Å². The van der Waals surface area contributed by atoms with E-state index in [0.29, 0.717) is 19.0 Å². The first-order valence-corrected chi connectivity index (χ1v) is 11.2. The van der Waals surface area contributed by atoms with Gasteiger partial charge in [0, 0.05) is 38.3 Å². The molecule has 1 N–H and O–H groups in total. The molecule has 0 radical (unpaired) electrons. The molecule has 0 bridgehead atoms. The molecule has 0 spiro atoms. The molecule has 0 saturated carbocycles. The highest BCUT2D eigenvalue weighted by molar-refractivity contribution is 7.89. The largest absolute Gasteiger partial charge is 0.339 e. The van der Waals surface area contributed by atoms with Crippen molar-refractivity contribution in [1.82, 2.24) is 19.2 Å². The zero-order valence-electron chi connectivity index (χ0n) is 16.4. The first-order valence-electron chi connectivity index (χ1n) is 9.72. The van der Waals surface area contributed by atoms with E-state index in [2.05, 4.69) is 36.3 Å². The summed E-state index contributed by atoms with van der Waals surface area (Å²) >= 11 is 0. The van der Waals surface area contributed by atoms with Crippen LogP contribution in [0.1, 0.15) is 38.2 Å². The van der Waals surface area contributed by atoms with Crippen LogP contribution in [0.2, 0.25) is 0 Å². The molecular formula is C20H30N4O2S. The van der Waals surface area contributed by atoms with E-state index in [0.717, 1.165) is 19.4 Å². The molecule has 0 amide bonds. The van der Waals surface area contributed by atoms with Crippen LogP contribution in [0.3, 0.4) is 0 Å². The van der Waals surface area contributed by atoms with E-state index in [1.165, 1.54) is 11.9 Å². The molecule has 1 saturated heterocycles. The minimum Gasteiger partial charge on any atom is -0.339 e. The number of benzene rings is 1. The van der Waals surface area contributed by atoms with E-state index in [4.69, 9.17) is 0 Å². The number of hydrogen-bond donors (Lipinski definition) is 1. The lowest BCUT2D eigenvalue weighted by Gasteiger charge is -2.23. The molecule has 7 heteroatoms. The van der Waals surface area contributed by atoms with Crippen LogP contribution in [0, 0.1) is 5.92 Å². The zero-order chi connectivity index (χ0) is 19.4. The lowest BCUT2D eigenvalue weighted by atomic mass is 9.93. The standard InChI is InChI=1S/C20H30N4O2S/c1-4-16(5-2)11-21-19-13-24(12-18(19)17-9-7-6-8-10-17)27(25,26)20-14-23(3)15-22-20/h6-10,14-16,18-19,21H,4-5,11-13H2,1-3H3. The summed E-state index contributed by atoms with van der Waals surface area (Å²) in [6, 6.07) is 10.3. The molecule has 27 heavy (non-hydrogen) atoms. The Hall–Kier alpha value is -1.70. The monoisotopic (exact) mass is 390 g/mol.